The third-order valence-corrected chi connectivity index (χ3v) is 2.76. The first kappa shape index (κ1) is 12.4. The molecule has 0 saturated carbocycles. The highest BCUT2D eigenvalue weighted by Crippen LogP contribution is 2.15. The summed E-state index contributed by atoms with van der Waals surface area (Å²) < 4.78 is 6.54. The van der Waals surface area contributed by atoms with E-state index < -0.39 is 0 Å². The molecule has 96 valence electrons. The molecule has 0 aliphatic rings. The topological polar surface area (TPSA) is 76.3 Å². The molecule has 0 radical (unpaired) electrons. The third-order valence-electron chi connectivity index (χ3n) is 2.76. The molecule has 0 fully saturated rings. The van der Waals surface area contributed by atoms with Crippen LogP contribution in [0.15, 0.2) is 27.4 Å². The van der Waals surface area contributed by atoms with Crippen molar-refractivity contribution in [3.05, 3.63) is 34.3 Å². The van der Waals surface area contributed by atoms with Gasteiger partial charge in [0.05, 0.1) is 5.52 Å². The molecule has 6 heteroatoms. The summed E-state index contributed by atoms with van der Waals surface area (Å²) in [5.41, 5.74) is 7.35. The maximum Gasteiger partial charge on any atom is 0.419 e. The van der Waals surface area contributed by atoms with Gasteiger partial charge in [0.15, 0.2) is 5.58 Å². The van der Waals surface area contributed by atoms with Gasteiger partial charge in [-0.05, 0) is 24.1 Å². The smallest absolute Gasteiger partial charge is 0.408 e. The molecule has 0 aliphatic heterocycles. The first-order valence-corrected chi connectivity index (χ1v) is 5.66. The summed E-state index contributed by atoms with van der Waals surface area (Å²) in [7, 11) is 3.30. The monoisotopic (exact) mass is 249 g/mol. The molecule has 1 heterocycles. The van der Waals surface area contributed by atoms with Crippen molar-refractivity contribution in [1.82, 2.24) is 15.4 Å². The fourth-order valence-electron chi connectivity index (χ4n) is 1.79. The van der Waals surface area contributed by atoms with E-state index in [1.54, 1.807) is 20.2 Å². The van der Waals surface area contributed by atoms with Crippen LogP contribution in [0, 0.1) is 0 Å². The number of oxazole rings is 1. The van der Waals surface area contributed by atoms with E-state index in [2.05, 4.69) is 10.9 Å². The van der Waals surface area contributed by atoms with Crippen molar-refractivity contribution in [3.8, 4) is 0 Å². The molecule has 0 aliphatic carbocycles. The number of hydrogen-bond acceptors (Lipinski definition) is 4. The predicted molar refractivity (Wildman–Crippen MR) is 67.0 cm³/mol. The number of rotatable bonds is 4. The van der Waals surface area contributed by atoms with Crippen LogP contribution in [0.3, 0.4) is 0 Å². The Morgan fingerprint density at radius 2 is 2.22 bits per heavy atom. The zero-order valence-corrected chi connectivity index (χ0v) is 10.3. The van der Waals surface area contributed by atoms with Gasteiger partial charge in [-0.25, -0.2) is 10.2 Å². The highest BCUT2D eigenvalue weighted by atomic mass is 16.4. The summed E-state index contributed by atoms with van der Waals surface area (Å²) in [6.45, 7) is 0. The highest BCUT2D eigenvalue weighted by molar-refractivity contribution is 5.76. The van der Waals surface area contributed by atoms with Crippen LogP contribution in [0.5, 0.6) is 0 Å². The van der Waals surface area contributed by atoms with Crippen molar-refractivity contribution in [2.24, 2.45) is 7.05 Å². The van der Waals surface area contributed by atoms with Crippen LogP contribution in [0.4, 0.5) is 0 Å². The lowest BCUT2D eigenvalue weighted by molar-refractivity contribution is -0.121. The van der Waals surface area contributed by atoms with Crippen LogP contribution in [-0.4, -0.2) is 17.5 Å². The van der Waals surface area contributed by atoms with Gasteiger partial charge in [0, 0.05) is 20.5 Å². The molecule has 0 unspecified atom stereocenters. The van der Waals surface area contributed by atoms with Crippen molar-refractivity contribution in [1.29, 1.82) is 0 Å². The maximum atomic E-state index is 11.3. The number of hydrazine groups is 1. The number of carbonyl (C=O) groups excluding carboxylic acids is 1. The van der Waals surface area contributed by atoms with Crippen LogP contribution >= 0.6 is 0 Å². The molecule has 0 atom stereocenters. The Morgan fingerprint density at radius 1 is 1.44 bits per heavy atom. The van der Waals surface area contributed by atoms with Gasteiger partial charge < -0.3 is 4.42 Å². The van der Waals surface area contributed by atoms with E-state index in [0.29, 0.717) is 18.4 Å². The second-order valence-corrected chi connectivity index (χ2v) is 4.03. The number of nitrogens with zero attached hydrogens (tertiary/aromatic N) is 1. The fourth-order valence-corrected chi connectivity index (χ4v) is 1.79. The molecule has 2 aromatic rings. The summed E-state index contributed by atoms with van der Waals surface area (Å²) in [6, 6.07) is 5.51. The zero-order valence-electron chi connectivity index (χ0n) is 10.3. The van der Waals surface area contributed by atoms with Gasteiger partial charge in [-0.1, -0.05) is 6.07 Å². The Morgan fingerprint density at radius 3 is 2.94 bits per heavy atom. The number of fused-ring (bicyclic) bond motifs is 1. The SMILES string of the molecule is CNNC(=O)CCc1ccc2c(c1)oc(=O)n2C. The first-order valence-electron chi connectivity index (χ1n) is 5.66. The van der Waals surface area contributed by atoms with E-state index in [1.807, 2.05) is 12.1 Å². The average Bonchev–Trinajstić information content (AvgIpc) is 2.63. The fraction of sp³-hybridized carbons (Fsp3) is 0.333. The lowest BCUT2D eigenvalue weighted by atomic mass is 10.1. The van der Waals surface area contributed by atoms with Crippen molar-refractivity contribution in [3.63, 3.8) is 0 Å². The van der Waals surface area contributed by atoms with Gasteiger partial charge in [0.2, 0.25) is 5.91 Å². The van der Waals surface area contributed by atoms with Crippen LogP contribution in [-0.2, 0) is 18.3 Å². The van der Waals surface area contributed by atoms with E-state index in [1.165, 1.54) is 4.57 Å². The number of hydrogen-bond donors (Lipinski definition) is 2. The van der Waals surface area contributed by atoms with Crippen LogP contribution in [0.2, 0.25) is 0 Å². The average molecular weight is 249 g/mol. The van der Waals surface area contributed by atoms with E-state index in [4.69, 9.17) is 4.42 Å². The van der Waals surface area contributed by atoms with Gasteiger partial charge in [0.1, 0.15) is 0 Å². The lowest BCUT2D eigenvalue weighted by Crippen LogP contribution is -2.34. The second-order valence-electron chi connectivity index (χ2n) is 4.03. The normalized spacial score (nSPS) is 10.8. The van der Waals surface area contributed by atoms with E-state index in [9.17, 15) is 9.59 Å². The molecule has 2 N–H and O–H groups in total. The third kappa shape index (κ3) is 2.43. The molecule has 0 spiro atoms. The van der Waals surface area contributed by atoms with Crippen molar-refractivity contribution < 1.29 is 9.21 Å². The standard InChI is InChI=1S/C12H15N3O3/c1-13-14-11(16)6-4-8-3-5-9-10(7-8)18-12(17)15(9)2/h3,5,7,13H,4,6H2,1-2H3,(H,14,16). The summed E-state index contributed by atoms with van der Waals surface area (Å²) >= 11 is 0. The molecule has 1 aromatic carbocycles. The van der Waals surface area contributed by atoms with Gasteiger partial charge in [0.25, 0.3) is 0 Å². The number of aromatic nitrogens is 1. The van der Waals surface area contributed by atoms with Crippen LogP contribution < -0.4 is 16.6 Å². The minimum absolute atomic E-state index is 0.0767. The molecule has 2 rings (SSSR count). The summed E-state index contributed by atoms with van der Waals surface area (Å²) in [6.07, 6.45) is 0.978. The molecule has 0 bridgehead atoms. The number of benzene rings is 1. The van der Waals surface area contributed by atoms with Gasteiger partial charge >= 0.3 is 5.76 Å². The van der Waals surface area contributed by atoms with E-state index in [-0.39, 0.29) is 11.7 Å². The number of amides is 1. The lowest BCUT2D eigenvalue weighted by Gasteiger charge is -2.03. The Hall–Kier alpha value is -2.08. The number of carbonyl (C=O) groups is 1. The van der Waals surface area contributed by atoms with E-state index >= 15 is 0 Å². The number of aryl methyl sites for hydroxylation is 2. The van der Waals surface area contributed by atoms with Crippen LogP contribution in [0.25, 0.3) is 11.1 Å². The first-order chi connectivity index (χ1) is 8.61. The van der Waals surface area contributed by atoms with Crippen molar-refractivity contribution >= 4 is 17.0 Å². The summed E-state index contributed by atoms with van der Waals surface area (Å²) in [5.74, 6) is -0.456. The van der Waals surface area contributed by atoms with Gasteiger partial charge in [-0.3, -0.25) is 14.8 Å². The molecule has 0 saturated heterocycles. The minimum atomic E-state index is -0.380. The predicted octanol–water partition coefficient (Wildman–Crippen LogP) is 0.315. The molecular formula is C12H15N3O3. The summed E-state index contributed by atoms with van der Waals surface area (Å²) in [4.78, 5) is 22.6. The zero-order chi connectivity index (χ0) is 13.1. The maximum absolute atomic E-state index is 11.3. The van der Waals surface area contributed by atoms with Gasteiger partial charge in [-0.2, -0.15) is 0 Å². The second kappa shape index (κ2) is 5.05. The Balaban J connectivity index is 2.15. The highest BCUT2D eigenvalue weighted by Gasteiger charge is 2.07. The number of nitrogens with one attached hydrogen (secondary N) is 2. The van der Waals surface area contributed by atoms with Crippen LogP contribution in [0.1, 0.15) is 12.0 Å². The Bertz CT molecular complexity index is 627. The molecule has 6 nitrogen and oxygen atoms in total. The molecule has 1 amide bonds. The van der Waals surface area contributed by atoms with Crippen molar-refractivity contribution in [2.45, 2.75) is 12.8 Å². The molecule has 1 aromatic heterocycles. The Kier molecular flexibility index (Phi) is 3.47. The summed E-state index contributed by atoms with van der Waals surface area (Å²) in [5, 5.41) is 0. The molecular weight excluding hydrogens is 234 g/mol. The van der Waals surface area contributed by atoms with Crippen molar-refractivity contribution in [2.75, 3.05) is 7.05 Å². The minimum Gasteiger partial charge on any atom is -0.408 e. The Labute approximate surface area is 104 Å². The van der Waals surface area contributed by atoms with E-state index in [0.717, 1.165) is 11.1 Å². The quantitative estimate of drug-likeness (QED) is 0.765. The molecule has 18 heavy (non-hydrogen) atoms. The van der Waals surface area contributed by atoms with Gasteiger partial charge in [-0.15, -0.1) is 0 Å². The largest absolute Gasteiger partial charge is 0.419 e.